The summed E-state index contributed by atoms with van der Waals surface area (Å²) in [4.78, 5) is 30.7. The van der Waals surface area contributed by atoms with E-state index in [0.29, 0.717) is 60.3 Å². The number of ether oxygens (including phenoxy) is 3. The van der Waals surface area contributed by atoms with E-state index in [0.717, 1.165) is 19.6 Å². The van der Waals surface area contributed by atoms with Crippen molar-refractivity contribution in [1.82, 2.24) is 9.80 Å². The van der Waals surface area contributed by atoms with Crippen LogP contribution in [0.5, 0.6) is 23.0 Å². The zero-order valence-electron chi connectivity index (χ0n) is 22.8. The molecule has 0 bridgehead atoms. The van der Waals surface area contributed by atoms with Gasteiger partial charge in [0.25, 0.3) is 11.7 Å². The van der Waals surface area contributed by atoms with Crippen LogP contribution in [-0.2, 0) is 9.59 Å². The van der Waals surface area contributed by atoms with Crippen molar-refractivity contribution in [3.05, 3.63) is 89.5 Å². The van der Waals surface area contributed by atoms with Crippen LogP contribution in [0.15, 0.2) is 78.4 Å². The third kappa shape index (κ3) is 5.67. The zero-order chi connectivity index (χ0) is 28.1. The quantitative estimate of drug-likeness (QED) is 0.208. The second-order valence-electron chi connectivity index (χ2n) is 9.72. The number of para-hydroxylation sites is 1. The van der Waals surface area contributed by atoms with E-state index in [1.54, 1.807) is 23.1 Å². The van der Waals surface area contributed by atoms with Gasteiger partial charge in [-0.1, -0.05) is 44.2 Å². The Morgan fingerprint density at radius 1 is 0.925 bits per heavy atom. The van der Waals surface area contributed by atoms with Gasteiger partial charge in [-0.2, -0.15) is 0 Å². The molecule has 2 aliphatic rings. The number of hydrogen-bond acceptors (Lipinski definition) is 7. The molecular weight excluding hydrogens is 508 g/mol. The highest BCUT2D eigenvalue weighted by molar-refractivity contribution is 6.46. The average molecular weight is 543 g/mol. The molecule has 3 aromatic rings. The van der Waals surface area contributed by atoms with Crippen molar-refractivity contribution in [3.63, 3.8) is 0 Å². The van der Waals surface area contributed by atoms with Gasteiger partial charge >= 0.3 is 0 Å². The largest absolute Gasteiger partial charge is 0.507 e. The fourth-order valence-electron chi connectivity index (χ4n) is 5.18. The first-order valence-corrected chi connectivity index (χ1v) is 13.7. The predicted octanol–water partition coefficient (Wildman–Crippen LogP) is 5.40. The molecule has 2 aliphatic heterocycles. The van der Waals surface area contributed by atoms with Crippen LogP contribution in [0.3, 0.4) is 0 Å². The van der Waals surface area contributed by atoms with Crippen LogP contribution in [-0.4, -0.2) is 66.0 Å². The molecule has 2 heterocycles. The number of benzene rings is 3. The van der Waals surface area contributed by atoms with Crippen LogP contribution in [0, 0.1) is 0 Å². The third-order valence-electron chi connectivity index (χ3n) is 7.28. The molecule has 1 fully saturated rings. The lowest BCUT2D eigenvalue weighted by Gasteiger charge is -2.27. The van der Waals surface area contributed by atoms with Crippen LogP contribution >= 0.6 is 0 Å². The zero-order valence-corrected chi connectivity index (χ0v) is 22.8. The summed E-state index contributed by atoms with van der Waals surface area (Å²) < 4.78 is 17.3. The Morgan fingerprint density at radius 2 is 1.65 bits per heavy atom. The van der Waals surface area contributed by atoms with Gasteiger partial charge in [-0.15, -0.1) is 0 Å². The highest BCUT2D eigenvalue weighted by atomic mass is 16.6. The lowest BCUT2D eigenvalue weighted by Crippen LogP contribution is -2.33. The summed E-state index contributed by atoms with van der Waals surface area (Å²) in [6.07, 6.45) is 0.690. The summed E-state index contributed by atoms with van der Waals surface area (Å²) in [6.45, 7) is 8.00. The molecule has 0 spiro atoms. The average Bonchev–Trinajstić information content (AvgIpc) is 3.24. The van der Waals surface area contributed by atoms with E-state index >= 15 is 0 Å². The van der Waals surface area contributed by atoms with Gasteiger partial charge in [0, 0.05) is 12.1 Å². The van der Waals surface area contributed by atoms with E-state index in [9.17, 15) is 14.7 Å². The fraction of sp³-hybridized carbons (Fsp3) is 0.312. The van der Waals surface area contributed by atoms with Crippen molar-refractivity contribution in [2.45, 2.75) is 26.3 Å². The minimum absolute atomic E-state index is 0.0429. The van der Waals surface area contributed by atoms with E-state index in [1.807, 2.05) is 54.6 Å². The second kappa shape index (κ2) is 12.3. The summed E-state index contributed by atoms with van der Waals surface area (Å²) >= 11 is 0. The lowest BCUT2D eigenvalue weighted by molar-refractivity contribution is -0.140. The van der Waals surface area contributed by atoms with Gasteiger partial charge in [-0.3, -0.25) is 9.59 Å². The maximum Gasteiger partial charge on any atom is 0.295 e. The van der Waals surface area contributed by atoms with Gasteiger partial charge in [0.2, 0.25) is 0 Å². The smallest absolute Gasteiger partial charge is 0.295 e. The molecule has 1 amide bonds. The summed E-state index contributed by atoms with van der Waals surface area (Å²) in [7, 11) is 0. The standard InChI is InChI=1S/C32H34N2O6/c1-3-33(4-2)16-9-17-34-29(22-10-8-13-25(20-22)40-24-11-6-5-7-12-24)28(31(36)32(34)37)30(35)23-14-15-26-27(21-23)39-19-18-38-26/h5-8,10-15,20-21,29,35H,3-4,9,16-19H2,1-2H3/b30-28-. The lowest BCUT2D eigenvalue weighted by atomic mass is 9.95. The fourth-order valence-corrected chi connectivity index (χ4v) is 5.18. The van der Waals surface area contributed by atoms with E-state index < -0.39 is 17.7 Å². The molecule has 1 atom stereocenters. The normalized spacial score (nSPS) is 17.9. The minimum Gasteiger partial charge on any atom is -0.507 e. The molecule has 5 rings (SSSR count). The number of rotatable bonds is 10. The third-order valence-corrected chi connectivity index (χ3v) is 7.28. The number of fused-ring (bicyclic) bond motifs is 1. The van der Waals surface area contributed by atoms with Crippen molar-refractivity contribution in [1.29, 1.82) is 0 Å². The number of carbonyl (C=O) groups is 2. The predicted molar refractivity (Wildman–Crippen MR) is 152 cm³/mol. The second-order valence-corrected chi connectivity index (χ2v) is 9.72. The monoisotopic (exact) mass is 542 g/mol. The molecule has 1 unspecified atom stereocenters. The number of amides is 1. The highest BCUT2D eigenvalue weighted by Crippen LogP contribution is 2.42. The topological polar surface area (TPSA) is 88.5 Å². The number of Topliss-reactive ketones (excluding diaryl/α,β-unsaturated/α-hetero) is 1. The van der Waals surface area contributed by atoms with Gasteiger partial charge in [0.15, 0.2) is 11.5 Å². The summed E-state index contributed by atoms with van der Waals surface area (Å²) in [5, 5.41) is 11.5. The van der Waals surface area contributed by atoms with Crippen molar-refractivity contribution in [2.24, 2.45) is 0 Å². The Labute approximate surface area is 234 Å². The summed E-state index contributed by atoms with van der Waals surface area (Å²) in [5.41, 5.74) is 1.10. The van der Waals surface area contributed by atoms with Gasteiger partial charge in [-0.05, 0) is 74.1 Å². The van der Waals surface area contributed by atoms with Crippen LogP contribution in [0.25, 0.3) is 5.76 Å². The van der Waals surface area contributed by atoms with Gasteiger partial charge in [0.1, 0.15) is 30.5 Å². The molecule has 8 nitrogen and oxygen atoms in total. The molecule has 0 aromatic heterocycles. The number of likely N-dealkylation sites (tertiary alicyclic amines) is 1. The van der Waals surface area contributed by atoms with Gasteiger partial charge < -0.3 is 29.1 Å². The van der Waals surface area contributed by atoms with E-state index in [2.05, 4.69) is 18.7 Å². The SMILES string of the molecule is CCN(CC)CCCN1C(=O)C(=O)/C(=C(\O)c2ccc3c(c2)OCCO3)C1c1cccc(Oc2ccccc2)c1. The number of carbonyl (C=O) groups excluding carboxylic acids is 2. The maximum absolute atomic E-state index is 13.5. The number of aliphatic hydroxyl groups is 1. The number of nitrogens with zero attached hydrogens (tertiary/aromatic N) is 2. The molecule has 0 saturated carbocycles. The first kappa shape index (κ1) is 27.3. The summed E-state index contributed by atoms with van der Waals surface area (Å²) in [5.74, 6) is 0.704. The first-order chi connectivity index (χ1) is 19.5. The Bertz CT molecular complexity index is 1400. The molecule has 8 heteroatoms. The van der Waals surface area contributed by atoms with Crippen LogP contribution in [0.2, 0.25) is 0 Å². The number of hydrogen-bond donors (Lipinski definition) is 1. The van der Waals surface area contributed by atoms with Crippen molar-refractivity contribution in [3.8, 4) is 23.0 Å². The number of ketones is 1. The molecule has 208 valence electrons. The van der Waals surface area contributed by atoms with E-state index in [-0.39, 0.29) is 11.3 Å². The van der Waals surface area contributed by atoms with Gasteiger partial charge in [0.05, 0.1) is 11.6 Å². The molecule has 40 heavy (non-hydrogen) atoms. The highest BCUT2D eigenvalue weighted by Gasteiger charge is 2.46. The van der Waals surface area contributed by atoms with Crippen LogP contribution in [0.4, 0.5) is 0 Å². The van der Waals surface area contributed by atoms with Crippen LogP contribution < -0.4 is 14.2 Å². The molecule has 3 aromatic carbocycles. The molecule has 0 aliphatic carbocycles. The van der Waals surface area contributed by atoms with Crippen molar-refractivity contribution in [2.75, 3.05) is 39.4 Å². The Balaban J connectivity index is 1.54. The molecule has 0 radical (unpaired) electrons. The Morgan fingerprint density at radius 3 is 2.40 bits per heavy atom. The van der Waals surface area contributed by atoms with E-state index in [4.69, 9.17) is 14.2 Å². The van der Waals surface area contributed by atoms with Gasteiger partial charge in [-0.25, -0.2) is 0 Å². The maximum atomic E-state index is 13.5. The first-order valence-electron chi connectivity index (χ1n) is 13.7. The van der Waals surface area contributed by atoms with Crippen molar-refractivity contribution >= 4 is 17.4 Å². The minimum atomic E-state index is -0.774. The summed E-state index contributed by atoms with van der Waals surface area (Å²) in [6, 6.07) is 20.9. The van der Waals surface area contributed by atoms with E-state index in [1.165, 1.54) is 0 Å². The Kier molecular flexibility index (Phi) is 8.36. The van der Waals surface area contributed by atoms with Crippen molar-refractivity contribution < 1.29 is 28.9 Å². The van der Waals surface area contributed by atoms with Crippen LogP contribution in [0.1, 0.15) is 37.4 Å². The molecule has 1 N–H and O–H groups in total. The number of aliphatic hydroxyl groups excluding tert-OH is 1. The molecule has 1 saturated heterocycles. The molecular formula is C32H34N2O6. The Hall–Kier alpha value is -4.30.